The van der Waals surface area contributed by atoms with Gasteiger partial charge in [0.25, 0.3) is 0 Å². The van der Waals surface area contributed by atoms with E-state index in [1.165, 1.54) is 54.5 Å². The molecule has 1 fully saturated rings. The van der Waals surface area contributed by atoms with E-state index in [0.717, 1.165) is 11.1 Å². The first-order chi connectivity index (χ1) is 12.3. The second-order valence-corrected chi connectivity index (χ2v) is 7.70. The Morgan fingerprint density at radius 1 is 0.880 bits per heavy atom. The molecule has 0 spiro atoms. The van der Waals surface area contributed by atoms with Crippen LogP contribution >= 0.6 is 15.9 Å². The number of hydrogen-bond donors (Lipinski definition) is 0. The van der Waals surface area contributed by atoms with Gasteiger partial charge in [0.05, 0.1) is 12.0 Å². The van der Waals surface area contributed by atoms with Gasteiger partial charge in [-0.05, 0) is 45.5 Å². The van der Waals surface area contributed by atoms with Crippen LogP contribution in [0.15, 0.2) is 65.5 Å². The summed E-state index contributed by atoms with van der Waals surface area (Å²) < 4.78 is 3.36. The maximum atomic E-state index is 4.53. The maximum Gasteiger partial charge on any atom is 0.127 e. The van der Waals surface area contributed by atoms with Gasteiger partial charge in [0.2, 0.25) is 0 Å². The highest BCUT2D eigenvalue weighted by Gasteiger charge is 2.22. The molecule has 2 aromatic carbocycles. The Morgan fingerprint density at radius 2 is 1.56 bits per heavy atom. The van der Waals surface area contributed by atoms with E-state index in [-0.39, 0.29) is 0 Å². The van der Waals surface area contributed by atoms with Crippen molar-refractivity contribution < 1.29 is 0 Å². The zero-order valence-corrected chi connectivity index (χ0v) is 16.0. The van der Waals surface area contributed by atoms with Crippen LogP contribution in [0.5, 0.6) is 0 Å². The normalized spacial score (nSPS) is 15.4. The fourth-order valence-electron chi connectivity index (χ4n) is 3.90. The van der Waals surface area contributed by atoms with Crippen molar-refractivity contribution in [3.05, 3.63) is 76.8 Å². The zero-order chi connectivity index (χ0) is 17.1. The lowest BCUT2D eigenvalue weighted by atomic mass is 9.87. The number of rotatable bonds is 4. The van der Waals surface area contributed by atoms with Gasteiger partial charge in [-0.25, -0.2) is 4.98 Å². The van der Waals surface area contributed by atoms with E-state index in [4.69, 9.17) is 0 Å². The number of aromatic nitrogens is 2. The number of benzene rings is 2. The van der Waals surface area contributed by atoms with Crippen LogP contribution in [0.1, 0.15) is 49.3 Å². The number of nitrogens with zero attached hydrogens (tertiary/aromatic N) is 2. The minimum absolute atomic E-state index is 0.647. The molecule has 25 heavy (non-hydrogen) atoms. The molecule has 0 amide bonds. The van der Waals surface area contributed by atoms with Gasteiger partial charge in [0.1, 0.15) is 4.60 Å². The Kier molecular flexibility index (Phi) is 5.02. The van der Waals surface area contributed by atoms with Crippen molar-refractivity contribution in [3.63, 3.8) is 0 Å². The summed E-state index contributed by atoms with van der Waals surface area (Å²) >= 11 is 3.68. The van der Waals surface area contributed by atoms with Crippen LogP contribution in [0, 0.1) is 0 Å². The Morgan fingerprint density at radius 3 is 2.28 bits per heavy atom. The highest BCUT2D eigenvalue weighted by Crippen LogP contribution is 2.36. The molecule has 2 nitrogen and oxygen atoms in total. The molecule has 0 saturated heterocycles. The lowest BCUT2D eigenvalue weighted by Gasteiger charge is -2.23. The topological polar surface area (TPSA) is 17.8 Å². The zero-order valence-electron chi connectivity index (χ0n) is 14.4. The van der Waals surface area contributed by atoms with Crippen molar-refractivity contribution in [2.75, 3.05) is 0 Å². The minimum Gasteiger partial charge on any atom is -0.329 e. The second-order valence-electron chi connectivity index (χ2n) is 6.95. The summed E-state index contributed by atoms with van der Waals surface area (Å²) in [5, 5.41) is 0. The number of imidazole rings is 1. The summed E-state index contributed by atoms with van der Waals surface area (Å²) in [5.41, 5.74) is 5.24. The van der Waals surface area contributed by atoms with E-state index in [1.54, 1.807) is 0 Å². The van der Waals surface area contributed by atoms with Gasteiger partial charge in [-0.2, -0.15) is 0 Å². The fourth-order valence-corrected chi connectivity index (χ4v) is 4.55. The van der Waals surface area contributed by atoms with Crippen molar-refractivity contribution in [3.8, 4) is 11.1 Å². The average molecular weight is 395 g/mol. The molecule has 0 N–H and O–H groups in total. The Balaban J connectivity index is 1.55. The van der Waals surface area contributed by atoms with Gasteiger partial charge in [-0.1, -0.05) is 73.9 Å². The summed E-state index contributed by atoms with van der Waals surface area (Å²) in [6, 6.07) is 19.5. The molecule has 3 aromatic rings. The minimum atomic E-state index is 0.647. The third kappa shape index (κ3) is 3.72. The number of hydrogen-bond acceptors (Lipinski definition) is 1. The van der Waals surface area contributed by atoms with Crippen LogP contribution in [-0.4, -0.2) is 9.55 Å². The summed E-state index contributed by atoms with van der Waals surface area (Å²) in [7, 11) is 0. The van der Waals surface area contributed by atoms with Crippen LogP contribution in [-0.2, 0) is 6.54 Å². The molecule has 1 aliphatic rings. The molecule has 3 heteroatoms. The fraction of sp³-hybridized carbons (Fsp3) is 0.318. The molecule has 128 valence electrons. The monoisotopic (exact) mass is 394 g/mol. The highest BCUT2D eigenvalue weighted by atomic mass is 79.9. The Hall–Kier alpha value is -1.87. The predicted octanol–water partition coefficient (Wildman–Crippen LogP) is 6.41. The first kappa shape index (κ1) is 16.6. The second kappa shape index (κ2) is 7.57. The van der Waals surface area contributed by atoms with Crippen LogP contribution in [0.25, 0.3) is 11.1 Å². The predicted molar refractivity (Wildman–Crippen MR) is 107 cm³/mol. The highest BCUT2D eigenvalue weighted by molar-refractivity contribution is 9.10. The third-order valence-corrected chi connectivity index (χ3v) is 5.85. The summed E-state index contributed by atoms with van der Waals surface area (Å²) in [5.74, 6) is 0.647. The van der Waals surface area contributed by atoms with Gasteiger partial charge in [0.15, 0.2) is 0 Å². The SMILES string of the molecule is Brc1ncn(Cc2ccc(-c3ccccc3)cc2)c1C1CCCCC1. The van der Waals surface area contributed by atoms with E-state index in [0.29, 0.717) is 5.92 Å². The molecule has 1 aromatic heterocycles. The molecule has 0 bridgehead atoms. The molecular formula is C22H23BrN2. The van der Waals surface area contributed by atoms with E-state index < -0.39 is 0 Å². The van der Waals surface area contributed by atoms with E-state index in [9.17, 15) is 0 Å². The van der Waals surface area contributed by atoms with Crippen molar-refractivity contribution in [1.29, 1.82) is 0 Å². The van der Waals surface area contributed by atoms with Crippen molar-refractivity contribution >= 4 is 15.9 Å². The van der Waals surface area contributed by atoms with Gasteiger partial charge >= 0.3 is 0 Å². The molecule has 0 radical (unpaired) electrons. The first-order valence-corrected chi connectivity index (χ1v) is 9.95. The Labute approximate surface area is 158 Å². The molecule has 4 rings (SSSR count). The summed E-state index contributed by atoms with van der Waals surface area (Å²) in [6.45, 7) is 0.888. The first-order valence-electron chi connectivity index (χ1n) is 9.16. The van der Waals surface area contributed by atoms with Crippen molar-refractivity contribution in [2.45, 2.75) is 44.6 Å². The van der Waals surface area contributed by atoms with Gasteiger partial charge < -0.3 is 4.57 Å². The smallest absolute Gasteiger partial charge is 0.127 e. The summed E-state index contributed by atoms with van der Waals surface area (Å²) in [6.07, 6.45) is 8.62. The molecule has 0 atom stereocenters. The van der Waals surface area contributed by atoms with Gasteiger partial charge in [-0.3, -0.25) is 0 Å². The molecule has 0 unspecified atom stereocenters. The van der Waals surface area contributed by atoms with Crippen LogP contribution < -0.4 is 0 Å². The lowest BCUT2D eigenvalue weighted by molar-refractivity contribution is 0.425. The van der Waals surface area contributed by atoms with Crippen molar-refractivity contribution in [2.24, 2.45) is 0 Å². The van der Waals surface area contributed by atoms with Crippen LogP contribution in [0.4, 0.5) is 0 Å². The molecule has 1 saturated carbocycles. The largest absolute Gasteiger partial charge is 0.329 e. The summed E-state index contributed by atoms with van der Waals surface area (Å²) in [4.78, 5) is 4.53. The number of halogens is 1. The molecule has 0 aliphatic heterocycles. The quantitative estimate of drug-likeness (QED) is 0.499. The Bertz CT molecular complexity index is 815. The maximum absolute atomic E-state index is 4.53. The molecular weight excluding hydrogens is 372 g/mol. The average Bonchev–Trinajstić information content (AvgIpc) is 3.04. The van der Waals surface area contributed by atoms with E-state index in [2.05, 4.69) is 80.1 Å². The van der Waals surface area contributed by atoms with Crippen molar-refractivity contribution in [1.82, 2.24) is 9.55 Å². The van der Waals surface area contributed by atoms with E-state index in [1.807, 2.05) is 6.33 Å². The standard InChI is InChI=1S/C22H23BrN2/c23-22-21(20-9-5-2-6-10-20)25(16-24-22)15-17-11-13-19(14-12-17)18-7-3-1-4-8-18/h1,3-4,7-8,11-14,16,20H,2,5-6,9-10,15H2. The molecule has 1 heterocycles. The van der Waals surface area contributed by atoms with Gasteiger partial charge in [-0.15, -0.1) is 0 Å². The van der Waals surface area contributed by atoms with Gasteiger partial charge in [0, 0.05) is 12.5 Å². The molecule has 1 aliphatic carbocycles. The van der Waals surface area contributed by atoms with Crippen LogP contribution in [0.3, 0.4) is 0 Å². The third-order valence-electron chi connectivity index (χ3n) is 5.24. The van der Waals surface area contributed by atoms with E-state index >= 15 is 0 Å². The lowest BCUT2D eigenvalue weighted by Crippen LogP contribution is -2.12. The van der Waals surface area contributed by atoms with Crippen LogP contribution in [0.2, 0.25) is 0 Å².